The first-order valence-electron chi connectivity index (χ1n) is 15.4. The smallest absolute Gasteiger partial charge is 0.319 e. The number of ether oxygens (including phenoxy) is 2. The van der Waals surface area contributed by atoms with Gasteiger partial charge in [0.25, 0.3) is 0 Å². The standard InChI is InChI=1S/C37H40N2O6S/c1-25(42)32(21-26-9-4-2-5-10-26)39-37(43)38-31-14-8-13-30(22-31)36-44-33(24-46-20-19-40)34(28-11-6-3-7-12-28)35(45-36)29-17-15-27(23-41)16-18-29/h2-18,22,32-36,40-41H,19-21,23-24H2,1H3,(H2,38,39,43). The maximum absolute atomic E-state index is 13.0. The van der Waals surface area contributed by atoms with E-state index in [4.69, 9.17) is 9.47 Å². The van der Waals surface area contributed by atoms with Crippen molar-refractivity contribution in [3.63, 3.8) is 0 Å². The van der Waals surface area contributed by atoms with Gasteiger partial charge in [-0.25, -0.2) is 4.79 Å². The van der Waals surface area contributed by atoms with E-state index in [0.29, 0.717) is 23.6 Å². The van der Waals surface area contributed by atoms with E-state index >= 15 is 0 Å². The maximum atomic E-state index is 13.0. The molecule has 4 N–H and O–H groups in total. The maximum Gasteiger partial charge on any atom is 0.319 e. The summed E-state index contributed by atoms with van der Waals surface area (Å²) >= 11 is 1.62. The Balaban J connectivity index is 1.38. The molecular formula is C37H40N2O6S. The Morgan fingerprint density at radius 3 is 2.17 bits per heavy atom. The van der Waals surface area contributed by atoms with Gasteiger partial charge in [-0.05, 0) is 47.7 Å². The van der Waals surface area contributed by atoms with Crippen LogP contribution in [-0.2, 0) is 27.3 Å². The number of hydrogen-bond acceptors (Lipinski definition) is 7. The van der Waals surface area contributed by atoms with Crippen molar-refractivity contribution >= 4 is 29.3 Å². The molecule has 1 saturated heterocycles. The van der Waals surface area contributed by atoms with Crippen LogP contribution in [0, 0.1) is 0 Å². The minimum atomic E-state index is -0.741. The number of benzene rings is 4. The summed E-state index contributed by atoms with van der Waals surface area (Å²) in [6.45, 7) is 1.50. The molecule has 1 heterocycles. The molecule has 2 amide bonds. The van der Waals surface area contributed by atoms with Gasteiger partial charge >= 0.3 is 6.03 Å². The van der Waals surface area contributed by atoms with Crippen LogP contribution in [0.15, 0.2) is 109 Å². The van der Waals surface area contributed by atoms with Crippen LogP contribution in [0.1, 0.15) is 53.1 Å². The van der Waals surface area contributed by atoms with Gasteiger partial charge < -0.3 is 30.3 Å². The third-order valence-corrected chi connectivity index (χ3v) is 9.02. The van der Waals surface area contributed by atoms with Crippen LogP contribution in [0.3, 0.4) is 0 Å². The number of ketones is 1. The molecule has 1 aliphatic rings. The van der Waals surface area contributed by atoms with Crippen LogP contribution >= 0.6 is 11.8 Å². The summed E-state index contributed by atoms with van der Waals surface area (Å²) < 4.78 is 13.4. The fourth-order valence-electron chi connectivity index (χ4n) is 5.65. The van der Waals surface area contributed by atoms with E-state index in [1.54, 1.807) is 17.8 Å². The van der Waals surface area contributed by atoms with Crippen LogP contribution in [0.25, 0.3) is 0 Å². The molecule has 0 saturated carbocycles. The number of carbonyl (C=O) groups is 2. The molecule has 0 spiro atoms. The van der Waals surface area contributed by atoms with Crippen LogP contribution in [0.2, 0.25) is 0 Å². The number of aliphatic hydroxyl groups excluding tert-OH is 2. The van der Waals surface area contributed by atoms with Crippen molar-refractivity contribution in [2.75, 3.05) is 23.4 Å². The van der Waals surface area contributed by atoms with E-state index in [1.165, 1.54) is 6.92 Å². The summed E-state index contributed by atoms with van der Waals surface area (Å²) in [7, 11) is 0. The zero-order chi connectivity index (χ0) is 32.3. The normalized spacial score (nSPS) is 20.1. The largest absolute Gasteiger partial charge is 0.396 e. The lowest BCUT2D eigenvalue weighted by molar-refractivity contribution is -0.255. The summed E-state index contributed by atoms with van der Waals surface area (Å²) in [6, 6.07) is 33.6. The Morgan fingerprint density at radius 2 is 1.50 bits per heavy atom. The monoisotopic (exact) mass is 640 g/mol. The van der Waals surface area contributed by atoms with Gasteiger partial charge in [-0.15, -0.1) is 0 Å². The number of nitrogens with one attached hydrogen (secondary N) is 2. The molecule has 0 aromatic heterocycles. The molecule has 8 nitrogen and oxygen atoms in total. The quantitative estimate of drug-likeness (QED) is 0.129. The molecule has 1 aliphatic heterocycles. The van der Waals surface area contributed by atoms with E-state index in [-0.39, 0.29) is 37.1 Å². The second kappa shape index (κ2) is 16.5. The Labute approximate surface area is 274 Å². The lowest BCUT2D eigenvalue weighted by atomic mass is 9.84. The molecule has 9 heteroatoms. The first-order valence-corrected chi connectivity index (χ1v) is 16.6. The van der Waals surface area contributed by atoms with Crippen molar-refractivity contribution in [1.29, 1.82) is 0 Å². The summed E-state index contributed by atoms with van der Waals surface area (Å²) in [5.41, 5.74) is 5.06. The van der Waals surface area contributed by atoms with E-state index in [0.717, 1.165) is 27.8 Å². The number of Topliss-reactive ketones (excluding diaryl/α,β-unsaturated/α-hetero) is 1. The molecule has 5 rings (SSSR count). The highest BCUT2D eigenvalue weighted by atomic mass is 32.2. The van der Waals surface area contributed by atoms with Gasteiger partial charge in [-0.1, -0.05) is 97.1 Å². The lowest BCUT2D eigenvalue weighted by Gasteiger charge is -2.43. The van der Waals surface area contributed by atoms with Crippen molar-refractivity contribution in [2.45, 2.75) is 50.4 Å². The van der Waals surface area contributed by atoms with Crippen LogP contribution in [0.4, 0.5) is 10.5 Å². The van der Waals surface area contributed by atoms with E-state index in [2.05, 4.69) is 22.8 Å². The second-order valence-electron chi connectivity index (χ2n) is 11.3. The van der Waals surface area contributed by atoms with Gasteiger partial charge in [0.2, 0.25) is 0 Å². The number of urea groups is 1. The minimum Gasteiger partial charge on any atom is -0.396 e. The van der Waals surface area contributed by atoms with Gasteiger partial charge in [-0.2, -0.15) is 11.8 Å². The number of carbonyl (C=O) groups excluding carboxylic acids is 2. The third kappa shape index (κ3) is 8.84. The van der Waals surface area contributed by atoms with Gasteiger partial charge in [0.15, 0.2) is 12.1 Å². The fraction of sp³-hybridized carbons (Fsp3) is 0.297. The Bertz CT molecular complexity index is 1550. The third-order valence-electron chi connectivity index (χ3n) is 7.98. The molecule has 5 unspecified atom stereocenters. The topological polar surface area (TPSA) is 117 Å². The Kier molecular flexibility index (Phi) is 12.0. The number of anilines is 1. The zero-order valence-corrected chi connectivity index (χ0v) is 26.6. The molecule has 4 aromatic carbocycles. The molecule has 5 atom stereocenters. The Morgan fingerprint density at radius 1 is 0.804 bits per heavy atom. The van der Waals surface area contributed by atoms with Crippen molar-refractivity contribution in [2.24, 2.45) is 0 Å². The summed E-state index contributed by atoms with van der Waals surface area (Å²) in [5, 5.41) is 24.8. The van der Waals surface area contributed by atoms with Crippen molar-refractivity contribution in [1.82, 2.24) is 5.32 Å². The molecule has 240 valence electrons. The predicted octanol–water partition coefficient (Wildman–Crippen LogP) is 6.17. The van der Waals surface area contributed by atoms with E-state index in [1.807, 2.05) is 91.0 Å². The number of amides is 2. The predicted molar refractivity (Wildman–Crippen MR) is 181 cm³/mol. The first-order chi connectivity index (χ1) is 22.4. The van der Waals surface area contributed by atoms with E-state index in [9.17, 15) is 19.8 Å². The average Bonchev–Trinajstić information content (AvgIpc) is 3.08. The number of hydrogen-bond donors (Lipinski definition) is 4. The zero-order valence-electron chi connectivity index (χ0n) is 25.8. The van der Waals surface area contributed by atoms with Crippen molar-refractivity contribution < 1.29 is 29.3 Å². The highest BCUT2D eigenvalue weighted by Crippen LogP contribution is 2.47. The Hall–Kier alpha value is -3.99. The SMILES string of the molecule is CC(=O)C(Cc1ccccc1)NC(=O)Nc1cccc(C2OC(CSCCO)C(c3ccccc3)C(c3ccc(CO)cc3)O2)c1. The van der Waals surface area contributed by atoms with Gasteiger partial charge in [0, 0.05) is 28.7 Å². The summed E-state index contributed by atoms with van der Waals surface area (Å²) in [5.74, 6) is 0.957. The fourth-order valence-corrected chi connectivity index (χ4v) is 6.46. The van der Waals surface area contributed by atoms with Crippen molar-refractivity contribution in [3.8, 4) is 0 Å². The molecule has 46 heavy (non-hydrogen) atoms. The average molecular weight is 641 g/mol. The van der Waals surface area contributed by atoms with E-state index < -0.39 is 18.4 Å². The minimum absolute atomic E-state index is 0.0487. The molecular weight excluding hydrogens is 600 g/mol. The lowest BCUT2D eigenvalue weighted by Crippen LogP contribution is -2.43. The van der Waals surface area contributed by atoms with Gasteiger partial charge in [0.1, 0.15) is 0 Å². The van der Waals surface area contributed by atoms with Crippen molar-refractivity contribution in [3.05, 3.63) is 137 Å². The van der Waals surface area contributed by atoms with Gasteiger partial charge in [-0.3, -0.25) is 4.79 Å². The molecule has 0 aliphatic carbocycles. The van der Waals surface area contributed by atoms with Gasteiger partial charge in [0.05, 0.1) is 31.5 Å². The summed E-state index contributed by atoms with van der Waals surface area (Å²) in [4.78, 5) is 25.3. The van der Waals surface area contributed by atoms with Crippen LogP contribution in [0.5, 0.6) is 0 Å². The van der Waals surface area contributed by atoms with Crippen LogP contribution < -0.4 is 10.6 Å². The first kappa shape index (κ1) is 33.4. The number of rotatable bonds is 13. The molecule has 1 fully saturated rings. The second-order valence-corrected chi connectivity index (χ2v) is 12.4. The molecule has 0 bridgehead atoms. The highest BCUT2D eigenvalue weighted by Gasteiger charge is 2.41. The highest BCUT2D eigenvalue weighted by molar-refractivity contribution is 7.99. The summed E-state index contributed by atoms with van der Waals surface area (Å²) in [6.07, 6.45) is -0.973. The number of aliphatic hydroxyl groups is 2. The molecule has 0 radical (unpaired) electrons. The molecule has 4 aromatic rings. The number of thioether (sulfide) groups is 1. The van der Waals surface area contributed by atoms with Crippen LogP contribution in [-0.4, -0.2) is 52.3 Å².